The summed E-state index contributed by atoms with van der Waals surface area (Å²) in [5.74, 6) is 0.0699. The Balaban J connectivity index is 1.69. The quantitative estimate of drug-likeness (QED) is 0.326. The standard InChI is InChI=1S/C21H15N3O3/c25-20(23-26)8-2-14-1-7-19-18(13-14)21(27-24-19)17-5-3-15(4-6-17)16-9-11-22-12-10-16/h1-13,26H,(H,23,25)/b8-2+. The molecule has 0 saturated carbocycles. The first-order valence-corrected chi connectivity index (χ1v) is 8.27. The van der Waals surface area contributed by atoms with Crippen molar-refractivity contribution in [3.05, 3.63) is 78.6 Å². The Morgan fingerprint density at radius 3 is 2.41 bits per heavy atom. The third-order valence-corrected chi connectivity index (χ3v) is 4.20. The SMILES string of the molecule is O=C(/C=C/c1ccc2noc(-c3ccc(-c4ccncc4)cc3)c2c1)NO. The second-order valence-corrected chi connectivity index (χ2v) is 5.91. The highest BCUT2D eigenvalue weighted by Gasteiger charge is 2.11. The molecule has 2 N–H and O–H groups in total. The summed E-state index contributed by atoms with van der Waals surface area (Å²) in [5, 5.41) is 13.5. The van der Waals surface area contributed by atoms with Gasteiger partial charge in [-0.3, -0.25) is 15.0 Å². The van der Waals surface area contributed by atoms with Crippen LogP contribution in [0.15, 0.2) is 77.6 Å². The van der Waals surface area contributed by atoms with Crippen LogP contribution in [-0.2, 0) is 4.79 Å². The summed E-state index contributed by atoms with van der Waals surface area (Å²) < 4.78 is 5.55. The summed E-state index contributed by atoms with van der Waals surface area (Å²) in [6.45, 7) is 0. The van der Waals surface area contributed by atoms with Crippen LogP contribution in [0.3, 0.4) is 0 Å². The van der Waals surface area contributed by atoms with Crippen molar-refractivity contribution in [3.8, 4) is 22.5 Å². The monoisotopic (exact) mass is 357 g/mol. The van der Waals surface area contributed by atoms with E-state index in [1.807, 2.05) is 54.6 Å². The van der Waals surface area contributed by atoms with E-state index < -0.39 is 5.91 Å². The molecule has 2 heterocycles. The van der Waals surface area contributed by atoms with Crippen LogP contribution in [0.1, 0.15) is 5.56 Å². The van der Waals surface area contributed by atoms with Gasteiger partial charge in [0.25, 0.3) is 5.91 Å². The maximum absolute atomic E-state index is 11.2. The molecule has 132 valence electrons. The molecule has 0 fully saturated rings. The molecule has 4 rings (SSSR count). The van der Waals surface area contributed by atoms with Crippen molar-refractivity contribution in [3.63, 3.8) is 0 Å². The number of fused-ring (bicyclic) bond motifs is 1. The van der Waals surface area contributed by atoms with Crippen molar-refractivity contribution in [1.82, 2.24) is 15.6 Å². The van der Waals surface area contributed by atoms with E-state index in [1.54, 1.807) is 23.9 Å². The van der Waals surface area contributed by atoms with E-state index in [1.165, 1.54) is 6.08 Å². The predicted octanol–water partition coefficient (Wildman–Crippen LogP) is 4.08. The Morgan fingerprint density at radius 2 is 1.67 bits per heavy atom. The summed E-state index contributed by atoms with van der Waals surface area (Å²) in [6, 6.07) is 17.5. The Labute approximate surface area is 154 Å². The maximum Gasteiger partial charge on any atom is 0.267 e. The molecule has 0 saturated heterocycles. The van der Waals surface area contributed by atoms with E-state index in [-0.39, 0.29) is 0 Å². The zero-order chi connectivity index (χ0) is 18.6. The van der Waals surface area contributed by atoms with Crippen molar-refractivity contribution < 1.29 is 14.5 Å². The molecule has 0 unspecified atom stereocenters. The highest BCUT2D eigenvalue weighted by molar-refractivity contribution is 5.95. The first-order valence-electron chi connectivity index (χ1n) is 8.27. The summed E-state index contributed by atoms with van der Waals surface area (Å²) >= 11 is 0. The lowest BCUT2D eigenvalue weighted by Gasteiger charge is -2.03. The third kappa shape index (κ3) is 3.47. The average Bonchev–Trinajstić information content (AvgIpc) is 3.16. The third-order valence-electron chi connectivity index (χ3n) is 4.20. The maximum atomic E-state index is 11.2. The van der Waals surface area contributed by atoms with Crippen LogP contribution in [0.4, 0.5) is 0 Å². The van der Waals surface area contributed by atoms with Crippen LogP contribution in [0.2, 0.25) is 0 Å². The number of hydrogen-bond donors (Lipinski definition) is 2. The number of nitrogens with one attached hydrogen (secondary N) is 1. The number of hydroxylamine groups is 1. The fourth-order valence-corrected chi connectivity index (χ4v) is 2.84. The molecule has 2 aromatic carbocycles. The normalized spacial score (nSPS) is 11.1. The molecular weight excluding hydrogens is 342 g/mol. The lowest BCUT2D eigenvalue weighted by atomic mass is 10.0. The highest BCUT2D eigenvalue weighted by atomic mass is 16.5. The van der Waals surface area contributed by atoms with Gasteiger partial charge in [0.15, 0.2) is 5.76 Å². The molecule has 0 atom stereocenters. The Kier molecular flexibility index (Phi) is 4.47. The van der Waals surface area contributed by atoms with Gasteiger partial charge in [-0.2, -0.15) is 0 Å². The van der Waals surface area contributed by atoms with Crippen LogP contribution in [0.5, 0.6) is 0 Å². The highest BCUT2D eigenvalue weighted by Crippen LogP contribution is 2.31. The lowest BCUT2D eigenvalue weighted by molar-refractivity contribution is -0.124. The minimum absolute atomic E-state index is 0.590. The van der Waals surface area contributed by atoms with Crippen LogP contribution in [-0.4, -0.2) is 21.3 Å². The van der Waals surface area contributed by atoms with Crippen molar-refractivity contribution in [1.29, 1.82) is 0 Å². The number of benzene rings is 2. The molecule has 0 aliphatic heterocycles. The molecular formula is C21H15N3O3. The number of hydrogen-bond acceptors (Lipinski definition) is 5. The smallest absolute Gasteiger partial charge is 0.267 e. The molecule has 0 bridgehead atoms. The van der Waals surface area contributed by atoms with E-state index in [9.17, 15) is 4.79 Å². The minimum atomic E-state index is -0.590. The first-order chi connectivity index (χ1) is 13.2. The summed E-state index contributed by atoms with van der Waals surface area (Å²) in [7, 11) is 0. The average molecular weight is 357 g/mol. The summed E-state index contributed by atoms with van der Waals surface area (Å²) in [4.78, 5) is 15.2. The molecule has 0 radical (unpaired) electrons. The van der Waals surface area contributed by atoms with Gasteiger partial charge in [-0.1, -0.05) is 35.5 Å². The van der Waals surface area contributed by atoms with Gasteiger partial charge in [-0.05, 0) is 47.0 Å². The van der Waals surface area contributed by atoms with Gasteiger partial charge in [-0.15, -0.1) is 0 Å². The summed E-state index contributed by atoms with van der Waals surface area (Å²) in [5.41, 5.74) is 6.17. The number of carbonyl (C=O) groups excluding carboxylic acids is 1. The van der Waals surface area contributed by atoms with Crippen LogP contribution >= 0.6 is 0 Å². The van der Waals surface area contributed by atoms with Crippen molar-refractivity contribution >= 4 is 22.9 Å². The molecule has 0 aliphatic carbocycles. The second-order valence-electron chi connectivity index (χ2n) is 5.91. The van der Waals surface area contributed by atoms with E-state index >= 15 is 0 Å². The number of pyridine rings is 1. The molecule has 2 aromatic heterocycles. The second kappa shape index (κ2) is 7.23. The van der Waals surface area contributed by atoms with Gasteiger partial charge < -0.3 is 4.52 Å². The van der Waals surface area contributed by atoms with Crippen LogP contribution < -0.4 is 5.48 Å². The number of aromatic nitrogens is 2. The molecule has 27 heavy (non-hydrogen) atoms. The number of rotatable bonds is 4. The molecule has 4 aromatic rings. The largest absolute Gasteiger partial charge is 0.355 e. The topological polar surface area (TPSA) is 88.2 Å². The van der Waals surface area contributed by atoms with Crippen molar-refractivity contribution in [2.75, 3.05) is 0 Å². The van der Waals surface area contributed by atoms with E-state index in [2.05, 4.69) is 10.1 Å². The van der Waals surface area contributed by atoms with Crippen molar-refractivity contribution in [2.24, 2.45) is 0 Å². The van der Waals surface area contributed by atoms with Crippen molar-refractivity contribution in [2.45, 2.75) is 0 Å². The first kappa shape index (κ1) is 16.7. The minimum Gasteiger partial charge on any atom is -0.355 e. The molecule has 0 spiro atoms. The zero-order valence-electron chi connectivity index (χ0n) is 14.2. The van der Waals surface area contributed by atoms with Crippen LogP contribution in [0.25, 0.3) is 39.4 Å². The van der Waals surface area contributed by atoms with Gasteiger partial charge >= 0.3 is 0 Å². The van der Waals surface area contributed by atoms with Gasteiger partial charge in [-0.25, -0.2) is 5.48 Å². The number of carbonyl (C=O) groups is 1. The van der Waals surface area contributed by atoms with Gasteiger partial charge in [0.1, 0.15) is 5.52 Å². The Hall–Kier alpha value is -3.77. The van der Waals surface area contributed by atoms with Gasteiger partial charge in [0.2, 0.25) is 0 Å². The molecule has 6 nitrogen and oxygen atoms in total. The fourth-order valence-electron chi connectivity index (χ4n) is 2.84. The number of nitrogens with zero attached hydrogens (tertiary/aromatic N) is 2. The predicted molar refractivity (Wildman–Crippen MR) is 102 cm³/mol. The fraction of sp³-hybridized carbons (Fsp3) is 0. The lowest BCUT2D eigenvalue weighted by Crippen LogP contribution is -2.14. The van der Waals surface area contributed by atoms with Gasteiger partial charge in [0.05, 0.1) is 5.39 Å². The summed E-state index contributed by atoms with van der Waals surface area (Å²) in [6.07, 6.45) is 6.38. The Morgan fingerprint density at radius 1 is 0.963 bits per heavy atom. The van der Waals surface area contributed by atoms with Crippen LogP contribution in [0, 0.1) is 0 Å². The van der Waals surface area contributed by atoms with E-state index in [4.69, 9.17) is 9.73 Å². The Bertz CT molecular complexity index is 1120. The zero-order valence-corrected chi connectivity index (χ0v) is 14.2. The molecule has 6 heteroatoms. The van der Waals surface area contributed by atoms with Gasteiger partial charge in [0, 0.05) is 24.0 Å². The molecule has 0 aliphatic rings. The number of amides is 1. The molecule has 1 amide bonds. The van der Waals surface area contributed by atoms with E-state index in [0.29, 0.717) is 5.76 Å². The van der Waals surface area contributed by atoms with E-state index in [0.717, 1.165) is 33.2 Å².